The predicted molar refractivity (Wildman–Crippen MR) is 108 cm³/mol. The Morgan fingerprint density at radius 2 is 1.96 bits per heavy atom. The number of carbonyl (C=O) groups is 1. The van der Waals surface area contributed by atoms with Gasteiger partial charge in [-0.1, -0.05) is 23.8 Å². The molecule has 0 saturated heterocycles. The summed E-state index contributed by atoms with van der Waals surface area (Å²) in [4.78, 5) is 12.8. The first kappa shape index (κ1) is 20.4. The van der Waals surface area contributed by atoms with Crippen LogP contribution in [0.15, 0.2) is 47.4 Å². The summed E-state index contributed by atoms with van der Waals surface area (Å²) in [5, 5.41) is 2.92. The molecule has 1 aliphatic carbocycles. The number of carbonyl (C=O) groups excluding carboxylic acids is 1. The van der Waals surface area contributed by atoms with Crippen LogP contribution < -0.4 is 14.8 Å². The lowest BCUT2D eigenvalue weighted by Gasteiger charge is -2.18. The minimum Gasteiger partial charge on any atom is -0.496 e. The molecular weight excluding hydrogens is 376 g/mol. The summed E-state index contributed by atoms with van der Waals surface area (Å²) in [5.41, 5.74) is 2.23. The first-order valence-electron chi connectivity index (χ1n) is 9.35. The van der Waals surface area contributed by atoms with Gasteiger partial charge in [-0.2, -0.15) is 0 Å². The molecule has 28 heavy (non-hydrogen) atoms. The fourth-order valence-corrected chi connectivity index (χ4v) is 4.15. The molecule has 2 aromatic carbocycles. The molecule has 1 amide bonds. The van der Waals surface area contributed by atoms with Gasteiger partial charge in [-0.25, -0.2) is 13.1 Å². The highest BCUT2D eigenvalue weighted by molar-refractivity contribution is 7.89. The van der Waals surface area contributed by atoms with Gasteiger partial charge in [0.15, 0.2) is 0 Å². The Morgan fingerprint density at radius 3 is 2.64 bits per heavy atom. The van der Waals surface area contributed by atoms with E-state index in [0.29, 0.717) is 23.8 Å². The zero-order valence-corrected chi connectivity index (χ0v) is 17.2. The highest BCUT2D eigenvalue weighted by Crippen LogP contribution is 2.28. The van der Waals surface area contributed by atoms with Crippen molar-refractivity contribution in [3.05, 3.63) is 59.2 Å². The van der Waals surface area contributed by atoms with Gasteiger partial charge < -0.3 is 10.1 Å². The first-order chi connectivity index (χ1) is 13.3. The molecule has 1 atom stereocenters. The summed E-state index contributed by atoms with van der Waals surface area (Å²) in [6.07, 6.45) is 2.12. The van der Waals surface area contributed by atoms with E-state index >= 15 is 0 Å². The van der Waals surface area contributed by atoms with Crippen LogP contribution in [-0.2, 0) is 10.0 Å². The first-order valence-corrected chi connectivity index (χ1v) is 10.8. The monoisotopic (exact) mass is 402 g/mol. The highest BCUT2D eigenvalue weighted by Gasteiger charge is 2.25. The third-order valence-electron chi connectivity index (χ3n) is 4.86. The number of hydrogen-bond acceptors (Lipinski definition) is 4. The van der Waals surface area contributed by atoms with E-state index in [1.165, 1.54) is 12.1 Å². The van der Waals surface area contributed by atoms with Crippen LogP contribution in [0, 0.1) is 12.8 Å². The van der Waals surface area contributed by atoms with Gasteiger partial charge in [0.25, 0.3) is 5.91 Å². The molecule has 1 saturated carbocycles. The van der Waals surface area contributed by atoms with E-state index in [1.54, 1.807) is 19.2 Å². The Bertz CT molecular complexity index is 968. The average molecular weight is 403 g/mol. The van der Waals surface area contributed by atoms with Gasteiger partial charge >= 0.3 is 0 Å². The highest BCUT2D eigenvalue weighted by atomic mass is 32.2. The van der Waals surface area contributed by atoms with Crippen LogP contribution in [0.5, 0.6) is 5.75 Å². The van der Waals surface area contributed by atoms with Gasteiger partial charge in [0, 0.05) is 17.7 Å². The van der Waals surface area contributed by atoms with E-state index in [-0.39, 0.29) is 16.8 Å². The lowest BCUT2D eigenvalue weighted by Crippen LogP contribution is -2.28. The fraction of sp³-hybridized carbons (Fsp3) is 0.381. The van der Waals surface area contributed by atoms with Gasteiger partial charge in [-0.05, 0) is 56.9 Å². The van der Waals surface area contributed by atoms with Crippen molar-refractivity contribution in [2.24, 2.45) is 5.92 Å². The fourth-order valence-electron chi connectivity index (χ4n) is 2.99. The largest absolute Gasteiger partial charge is 0.496 e. The quantitative estimate of drug-likeness (QED) is 0.710. The van der Waals surface area contributed by atoms with Crippen LogP contribution >= 0.6 is 0 Å². The Labute approximate surface area is 166 Å². The van der Waals surface area contributed by atoms with Crippen LogP contribution in [-0.4, -0.2) is 28.0 Å². The Kier molecular flexibility index (Phi) is 6.05. The number of hydrogen-bond donors (Lipinski definition) is 2. The molecular formula is C21H26N2O4S. The molecule has 2 aromatic rings. The minimum absolute atomic E-state index is 0.0987. The molecule has 150 valence electrons. The Balaban J connectivity index is 1.75. The van der Waals surface area contributed by atoms with E-state index in [1.807, 2.05) is 32.0 Å². The smallest absolute Gasteiger partial charge is 0.251 e. The van der Waals surface area contributed by atoms with Crippen LogP contribution in [0.2, 0.25) is 0 Å². The number of sulfonamides is 1. The maximum absolute atomic E-state index is 12.7. The van der Waals surface area contributed by atoms with Crippen LogP contribution in [0.1, 0.15) is 47.3 Å². The van der Waals surface area contributed by atoms with E-state index in [0.717, 1.165) is 24.0 Å². The maximum atomic E-state index is 12.7. The summed E-state index contributed by atoms with van der Waals surface area (Å²) >= 11 is 0. The SMILES string of the molecule is COc1ccc(C)cc1C(C)NC(=O)c1cccc(S(=O)(=O)NCC2CC2)c1. The van der Waals surface area contributed by atoms with Crippen molar-refractivity contribution in [2.75, 3.05) is 13.7 Å². The average Bonchev–Trinajstić information content (AvgIpc) is 3.51. The molecule has 6 nitrogen and oxygen atoms in total. The number of amides is 1. The molecule has 0 heterocycles. The molecule has 7 heteroatoms. The van der Waals surface area contributed by atoms with E-state index < -0.39 is 10.0 Å². The van der Waals surface area contributed by atoms with Crippen molar-refractivity contribution in [2.45, 2.75) is 37.6 Å². The molecule has 0 aromatic heterocycles. The molecule has 0 spiro atoms. The Hall–Kier alpha value is -2.38. The number of nitrogens with one attached hydrogen (secondary N) is 2. The normalized spacial score (nSPS) is 15.1. The van der Waals surface area contributed by atoms with Crippen molar-refractivity contribution in [3.63, 3.8) is 0 Å². The second-order valence-electron chi connectivity index (χ2n) is 7.26. The van der Waals surface area contributed by atoms with E-state index in [9.17, 15) is 13.2 Å². The third-order valence-corrected chi connectivity index (χ3v) is 6.29. The zero-order valence-electron chi connectivity index (χ0n) is 16.4. The number of benzene rings is 2. The number of aryl methyl sites for hydroxylation is 1. The molecule has 0 aliphatic heterocycles. The maximum Gasteiger partial charge on any atom is 0.251 e. The predicted octanol–water partition coefficient (Wildman–Crippen LogP) is 3.18. The van der Waals surface area contributed by atoms with Gasteiger partial charge in [0.2, 0.25) is 10.0 Å². The van der Waals surface area contributed by atoms with Gasteiger partial charge in [0.1, 0.15) is 5.75 Å². The van der Waals surface area contributed by atoms with Crippen molar-refractivity contribution in [1.29, 1.82) is 0 Å². The topological polar surface area (TPSA) is 84.5 Å². The second kappa shape index (κ2) is 8.32. The molecule has 2 N–H and O–H groups in total. The molecule has 1 aliphatic rings. The minimum atomic E-state index is -3.62. The molecule has 0 bridgehead atoms. The van der Waals surface area contributed by atoms with Crippen LogP contribution in [0.4, 0.5) is 0 Å². The number of rotatable bonds is 8. The second-order valence-corrected chi connectivity index (χ2v) is 9.03. The van der Waals surface area contributed by atoms with Crippen LogP contribution in [0.25, 0.3) is 0 Å². The third kappa shape index (κ3) is 4.91. The number of ether oxygens (including phenoxy) is 1. The molecule has 0 radical (unpaired) electrons. The zero-order chi connectivity index (χ0) is 20.3. The van der Waals surface area contributed by atoms with Crippen LogP contribution in [0.3, 0.4) is 0 Å². The molecule has 1 fully saturated rings. The van der Waals surface area contributed by atoms with Gasteiger partial charge in [-0.3, -0.25) is 4.79 Å². The molecule has 1 unspecified atom stereocenters. The van der Waals surface area contributed by atoms with E-state index in [4.69, 9.17) is 4.74 Å². The van der Waals surface area contributed by atoms with Crippen molar-refractivity contribution in [3.8, 4) is 5.75 Å². The van der Waals surface area contributed by atoms with Crippen molar-refractivity contribution in [1.82, 2.24) is 10.0 Å². The summed E-state index contributed by atoms with van der Waals surface area (Å²) < 4.78 is 32.9. The van der Waals surface area contributed by atoms with Gasteiger partial charge in [0.05, 0.1) is 18.0 Å². The van der Waals surface area contributed by atoms with Crippen molar-refractivity contribution < 1.29 is 17.9 Å². The lowest BCUT2D eigenvalue weighted by molar-refractivity contribution is 0.0939. The van der Waals surface area contributed by atoms with Crippen molar-refractivity contribution >= 4 is 15.9 Å². The molecule has 3 rings (SSSR count). The summed E-state index contributed by atoms with van der Waals surface area (Å²) in [7, 11) is -2.03. The lowest BCUT2D eigenvalue weighted by atomic mass is 10.0. The summed E-state index contributed by atoms with van der Waals surface area (Å²) in [5.74, 6) is 0.792. The van der Waals surface area contributed by atoms with Gasteiger partial charge in [-0.15, -0.1) is 0 Å². The summed E-state index contributed by atoms with van der Waals surface area (Å²) in [6, 6.07) is 11.6. The summed E-state index contributed by atoms with van der Waals surface area (Å²) in [6.45, 7) is 4.29. The van der Waals surface area contributed by atoms with E-state index in [2.05, 4.69) is 10.0 Å². The Morgan fingerprint density at radius 1 is 1.21 bits per heavy atom. The number of methoxy groups -OCH3 is 1. The standard InChI is InChI=1S/C21H26N2O4S/c1-14-7-10-20(27-3)19(11-14)15(2)23-21(24)17-5-4-6-18(12-17)28(25,26)22-13-16-8-9-16/h4-7,10-12,15-16,22H,8-9,13H2,1-3H3,(H,23,24).